The van der Waals surface area contributed by atoms with E-state index < -0.39 is 0 Å². The van der Waals surface area contributed by atoms with E-state index in [2.05, 4.69) is 24.9 Å². The number of hydrogen-bond acceptors (Lipinski definition) is 7. The average Bonchev–Trinajstić information content (AvgIpc) is 3.15. The van der Waals surface area contributed by atoms with Crippen LogP contribution in [0.4, 0.5) is 5.13 Å². The van der Waals surface area contributed by atoms with Gasteiger partial charge >= 0.3 is 0 Å². The highest BCUT2D eigenvalue weighted by Gasteiger charge is 2.22. The predicted octanol–water partition coefficient (Wildman–Crippen LogP) is 1.86. The summed E-state index contributed by atoms with van der Waals surface area (Å²) in [4.78, 5) is 4.59. The molecule has 2 aromatic rings. The zero-order chi connectivity index (χ0) is 14.7. The van der Waals surface area contributed by atoms with E-state index in [1.165, 1.54) is 43.6 Å². The molecule has 2 heterocycles. The quantitative estimate of drug-likeness (QED) is 0.876. The van der Waals surface area contributed by atoms with Gasteiger partial charge in [0, 0.05) is 24.5 Å². The molecule has 0 spiro atoms. The molecule has 0 aliphatic heterocycles. The molecule has 0 radical (unpaired) electrons. The Kier molecular flexibility index (Phi) is 4.45. The van der Waals surface area contributed by atoms with Crippen LogP contribution in [0.3, 0.4) is 0 Å². The van der Waals surface area contributed by atoms with Crippen molar-refractivity contribution in [3.05, 3.63) is 18.0 Å². The zero-order valence-electron chi connectivity index (χ0n) is 12.1. The fraction of sp³-hybridized carbons (Fsp3) is 0.692. The largest absolute Gasteiger partial charge is 0.394 e. The normalized spacial score (nSPS) is 17.8. The highest BCUT2D eigenvalue weighted by atomic mass is 32.1. The van der Waals surface area contributed by atoms with Crippen LogP contribution >= 0.6 is 11.5 Å². The van der Waals surface area contributed by atoms with E-state index in [9.17, 15) is 5.11 Å². The van der Waals surface area contributed by atoms with Crippen LogP contribution in [-0.4, -0.2) is 35.8 Å². The lowest BCUT2D eigenvalue weighted by molar-refractivity contribution is 0.270. The first-order chi connectivity index (χ1) is 10.3. The maximum Gasteiger partial charge on any atom is 0.203 e. The number of aromatic nitrogens is 5. The Balaban J connectivity index is 1.69. The van der Waals surface area contributed by atoms with E-state index in [4.69, 9.17) is 0 Å². The van der Waals surface area contributed by atoms with Gasteiger partial charge in [-0.25, -0.2) is 4.98 Å². The molecular formula is C13H20N6OS. The lowest BCUT2D eigenvalue weighted by Crippen LogP contribution is -2.19. The average molecular weight is 308 g/mol. The number of aryl methyl sites for hydroxylation is 1. The number of anilines is 1. The van der Waals surface area contributed by atoms with Crippen LogP contribution in [0.25, 0.3) is 0 Å². The summed E-state index contributed by atoms with van der Waals surface area (Å²) in [7, 11) is 1.85. The third-order valence-corrected chi connectivity index (χ3v) is 4.61. The van der Waals surface area contributed by atoms with Crippen LogP contribution in [0, 0.1) is 0 Å². The van der Waals surface area contributed by atoms with E-state index in [1.54, 1.807) is 10.9 Å². The molecule has 21 heavy (non-hydrogen) atoms. The Bertz CT molecular complexity index is 577. The summed E-state index contributed by atoms with van der Waals surface area (Å²) in [5.74, 6) is 2.12. The van der Waals surface area contributed by atoms with Crippen molar-refractivity contribution < 1.29 is 5.11 Å². The summed E-state index contributed by atoms with van der Waals surface area (Å²) in [6.07, 6.45) is 7.85. The minimum atomic E-state index is -0.315. The monoisotopic (exact) mass is 308 g/mol. The van der Waals surface area contributed by atoms with Crippen molar-refractivity contribution in [2.24, 2.45) is 7.05 Å². The van der Waals surface area contributed by atoms with Crippen LogP contribution in [0.2, 0.25) is 0 Å². The first kappa shape index (κ1) is 14.4. The summed E-state index contributed by atoms with van der Waals surface area (Å²) in [5.41, 5.74) is 0. The number of nitrogens with zero attached hydrogens (tertiary/aromatic N) is 5. The highest BCUT2D eigenvalue weighted by Crippen LogP contribution is 2.32. The molecule has 0 aromatic carbocycles. The van der Waals surface area contributed by atoms with E-state index in [-0.39, 0.29) is 12.6 Å². The van der Waals surface area contributed by atoms with E-state index >= 15 is 0 Å². The van der Waals surface area contributed by atoms with E-state index in [0.29, 0.717) is 11.7 Å². The molecule has 1 aliphatic rings. The van der Waals surface area contributed by atoms with Crippen LogP contribution < -0.4 is 5.32 Å². The van der Waals surface area contributed by atoms with Gasteiger partial charge in [-0.1, -0.05) is 19.3 Å². The highest BCUT2D eigenvalue weighted by molar-refractivity contribution is 7.09. The van der Waals surface area contributed by atoms with E-state index in [0.717, 1.165) is 11.0 Å². The Hall–Kier alpha value is -1.54. The lowest BCUT2D eigenvalue weighted by Gasteiger charge is -2.18. The fourth-order valence-electron chi connectivity index (χ4n) is 2.77. The van der Waals surface area contributed by atoms with Crippen molar-refractivity contribution in [3.8, 4) is 0 Å². The van der Waals surface area contributed by atoms with Gasteiger partial charge < -0.3 is 15.0 Å². The topological polar surface area (TPSA) is 88.8 Å². The van der Waals surface area contributed by atoms with Gasteiger partial charge in [-0.2, -0.15) is 4.37 Å². The second kappa shape index (κ2) is 6.48. The molecule has 2 N–H and O–H groups in total. The smallest absolute Gasteiger partial charge is 0.203 e. The third-order valence-electron chi connectivity index (χ3n) is 3.95. The van der Waals surface area contributed by atoms with Gasteiger partial charge in [-0.15, -0.1) is 10.2 Å². The van der Waals surface area contributed by atoms with Crippen molar-refractivity contribution >= 4 is 16.7 Å². The van der Waals surface area contributed by atoms with Crippen LogP contribution in [-0.2, 0) is 7.05 Å². The van der Waals surface area contributed by atoms with Gasteiger partial charge in [-0.05, 0) is 12.8 Å². The molecular weight excluding hydrogens is 288 g/mol. The summed E-state index contributed by atoms with van der Waals surface area (Å²) >= 11 is 1.35. The molecule has 0 saturated heterocycles. The molecule has 7 nitrogen and oxygen atoms in total. The van der Waals surface area contributed by atoms with Gasteiger partial charge in [0.1, 0.15) is 18.2 Å². The second-order valence-corrected chi connectivity index (χ2v) is 6.22. The number of nitrogens with one attached hydrogen (secondary N) is 1. The third kappa shape index (κ3) is 3.21. The summed E-state index contributed by atoms with van der Waals surface area (Å²) < 4.78 is 6.26. The minimum absolute atomic E-state index is 0.0646. The fourth-order valence-corrected chi connectivity index (χ4v) is 3.47. The van der Waals surface area contributed by atoms with Gasteiger partial charge in [0.25, 0.3) is 0 Å². The molecule has 1 atom stereocenters. The summed E-state index contributed by atoms with van der Waals surface area (Å²) in [5, 5.41) is 21.4. The Morgan fingerprint density at radius 3 is 2.90 bits per heavy atom. The first-order valence-electron chi connectivity index (χ1n) is 7.33. The van der Waals surface area contributed by atoms with Gasteiger partial charge in [0.2, 0.25) is 5.13 Å². The standard InChI is InChI=1S/C13H20N6OS/c1-19-8-14-17-12(19)10(7-20)15-13-16-11(18-21-13)9-5-3-2-4-6-9/h8-10,20H,2-7H2,1H3,(H,15,16,18)/t10-/m0/s1. The minimum Gasteiger partial charge on any atom is -0.394 e. The maximum atomic E-state index is 9.55. The van der Waals surface area contributed by atoms with Gasteiger partial charge in [0.15, 0.2) is 5.82 Å². The van der Waals surface area contributed by atoms with Crippen LogP contribution in [0.5, 0.6) is 0 Å². The molecule has 3 rings (SSSR count). The summed E-state index contributed by atoms with van der Waals surface area (Å²) in [6, 6.07) is -0.315. The first-order valence-corrected chi connectivity index (χ1v) is 8.10. The molecule has 1 aliphatic carbocycles. The van der Waals surface area contributed by atoms with Crippen LogP contribution in [0.1, 0.15) is 55.7 Å². The predicted molar refractivity (Wildman–Crippen MR) is 80.2 cm³/mol. The number of hydrogen-bond donors (Lipinski definition) is 2. The number of aliphatic hydroxyl groups is 1. The lowest BCUT2D eigenvalue weighted by atomic mass is 9.89. The molecule has 114 valence electrons. The van der Waals surface area contributed by atoms with Crippen molar-refractivity contribution in [2.45, 2.75) is 44.1 Å². The number of aliphatic hydroxyl groups excluding tert-OH is 1. The van der Waals surface area contributed by atoms with Crippen molar-refractivity contribution in [1.29, 1.82) is 0 Å². The van der Waals surface area contributed by atoms with Crippen molar-refractivity contribution in [3.63, 3.8) is 0 Å². The molecule has 0 unspecified atom stereocenters. The Labute approximate surface area is 127 Å². The second-order valence-electron chi connectivity index (χ2n) is 5.47. The molecule has 8 heteroatoms. The van der Waals surface area contributed by atoms with Crippen molar-refractivity contribution in [1.82, 2.24) is 24.1 Å². The molecule has 0 amide bonds. The molecule has 1 saturated carbocycles. The van der Waals surface area contributed by atoms with Crippen LogP contribution in [0.15, 0.2) is 6.33 Å². The molecule has 0 bridgehead atoms. The summed E-state index contributed by atoms with van der Waals surface area (Å²) in [6.45, 7) is -0.0646. The zero-order valence-corrected chi connectivity index (χ0v) is 12.9. The van der Waals surface area contributed by atoms with E-state index in [1.807, 2.05) is 7.05 Å². The number of rotatable bonds is 5. The molecule has 1 fully saturated rings. The SMILES string of the molecule is Cn1cnnc1[C@H](CO)Nc1nc(C2CCCCC2)ns1. The molecule has 2 aromatic heterocycles. The van der Waals surface area contributed by atoms with Crippen molar-refractivity contribution in [2.75, 3.05) is 11.9 Å². The maximum absolute atomic E-state index is 9.55. The Morgan fingerprint density at radius 2 is 2.24 bits per heavy atom. The van der Waals surface area contributed by atoms with Gasteiger partial charge in [-0.3, -0.25) is 0 Å². The Morgan fingerprint density at radius 1 is 1.43 bits per heavy atom. The van der Waals surface area contributed by atoms with Gasteiger partial charge in [0.05, 0.1) is 6.61 Å².